The number of nitrogens with zero attached hydrogens (tertiary/aromatic N) is 1. The van der Waals surface area contributed by atoms with Gasteiger partial charge in [0.1, 0.15) is 0 Å². The van der Waals surface area contributed by atoms with Crippen molar-refractivity contribution in [2.24, 2.45) is 11.7 Å². The summed E-state index contributed by atoms with van der Waals surface area (Å²) in [6.45, 7) is 7.29. The molecule has 0 unspecified atom stereocenters. The zero-order valence-corrected chi connectivity index (χ0v) is 15.4. The molecule has 1 amide bonds. The maximum absolute atomic E-state index is 11.4. The molecule has 1 aliphatic rings. The second-order valence-corrected chi connectivity index (χ2v) is 13.6. The number of aliphatic hydroxyl groups is 1. The number of hydrogen-bond acceptors (Lipinski definition) is 3. The lowest BCUT2D eigenvalue weighted by atomic mass is 9.84. The lowest BCUT2D eigenvalue weighted by Gasteiger charge is -2.30. The Morgan fingerprint density at radius 1 is 1.27 bits per heavy atom. The lowest BCUT2D eigenvalue weighted by molar-refractivity contribution is 0.0766. The molecule has 0 bridgehead atoms. The van der Waals surface area contributed by atoms with Gasteiger partial charge in [0.15, 0.2) is 0 Å². The minimum atomic E-state index is -1.30. The molecule has 0 aromatic rings. The van der Waals surface area contributed by atoms with Crippen LogP contribution in [-0.4, -0.2) is 54.5 Å². The first-order chi connectivity index (χ1) is 10.2. The van der Waals surface area contributed by atoms with E-state index < -0.39 is 20.3 Å². The van der Waals surface area contributed by atoms with Crippen molar-refractivity contribution in [2.75, 3.05) is 13.1 Å². The molecule has 1 fully saturated rings. The molecule has 0 radical (unpaired) electrons. The minimum absolute atomic E-state index is 0.133. The highest BCUT2D eigenvalue weighted by molar-refractivity contribution is 6.76. The summed E-state index contributed by atoms with van der Waals surface area (Å²) in [5.74, 6) is 0.596. The van der Waals surface area contributed by atoms with Gasteiger partial charge < -0.3 is 20.8 Å². The summed E-state index contributed by atoms with van der Waals surface area (Å²) >= 11 is 0. The van der Waals surface area contributed by atoms with E-state index in [1.165, 1.54) is 37.0 Å². The van der Waals surface area contributed by atoms with Crippen LogP contribution in [0.1, 0.15) is 38.5 Å². The van der Waals surface area contributed by atoms with Crippen LogP contribution < -0.4 is 5.73 Å². The number of rotatable bonds is 8. The summed E-state index contributed by atoms with van der Waals surface area (Å²) in [7, 11) is -1.30. The van der Waals surface area contributed by atoms with Gasteiger partial charge in [0.25, 0.3) is 0 Å². The maximum atomic E-state index is 11.4. The predicted molar refractivity (Wildman–Crippen MR) is 92.9 cm³/mol. The molecular weight excluding hydrogens is 296 g/mol. The van der Waals surface area contributed by atoms with Gasteiger partial charge in [-0.2, -0.15) is 0 Å². The second kappa shape index (κ2) is 8.89. The van der Waals surface area contributed by atoms with E-state index in [2.05, 4.69) is 19.6 Å². The van der Waals surface area contributed by atoms with E-state index in [0.29, 0.717) is 12.5 Å². The van der Waals surface area contributed by atoms with Crippen LogP contribution >= 0.6 is 0 Å². The van der Waals surface area contributed by atoms with Gasteiger partial charge >= 0.3 is 6.09 Å². The number of amides is 1. The number of nitrogens with two attached hydrogens (primary N) is 1. The molecule has 1 saturated carbocycles. The van der Waals surface area contributed by atoms with Crippen molar-refractivity contribution in [3.63, 3.8) is 0 Å². The minimum Gasteiger partial charge on any atom is -0.465 e. The molecule has 0 heterocycles. The Balaban J connectivity index is 2.43. The molecule has 0 aromatic heterocycles. The van der Waals surface area contributed by atoms with Crippen LogP contribution in [0.15, 0.2) is 0 Å². The number of hydrogen-bond donors (Lipinski definition) is 3. The number of aliphatic hydroxyl groups excluding tert-OH is 1. The Morgan fingerprint density at radius 3 is 2.36 bits per heavy atom. The highest BCUT2D eigenvalue weighted by Gasteiger charge is 2.26. The van der Waals surface area contributed by atoms with Crippen molar-refractivity contribution in [1.82, 2.24) is 4.90 Å². The second-order valence-electron chi connectivity index (χ2n) is 8.01. The fourth-order valence-electron chi connectivity index (χ4n) is 3.06. The quantitative estimate of drug-likeness (QED) is 0.597. The molecule has 1 rings (SSSR count). The first-order valence-corrected chi connectivity index (χ1v) is 12.3. The lowest BCUT2D eigenvalue weighted by Crippen LogP contribution is -2.47. The summed E-state index contributed by atoms with van der Waals surface area (Å²) < 4.78 is 0. The summed E-state index contributed by atoms with van der Waals surface area (Å²) in [6.07, 6.45) is 5.29. The van der Waals surface area contributed by atoms with Crippen LogP contribution in [0.2, 0.25) is 25.7 Å². The van der Waals surface area contributed by atoms with E-state index in [-0.39, 0.29) is 12.6 Å². The number of carbonyl (C=O) groups is 1. The van der Waals surface area contributed by atoms with E-state index in [1.54, 1.807) is 0 Å². The molecular formula is C16H34N2O3Si. The SMILES string of the molecule is C[Si](C)(C)CCN(C[C@@H](O)[C@@H](N)CC1CCCCC1)C(=O)O. The molecule has 6 heteroatoms. The van der Waals surface area contributed by atoms with Gasteiger partial charge in [-0.15, -0.1) is 0 Å². The molecule has 0 spiro atoms. The molecule has 2 atom stereocenters. The molecule has 0 aliphatic heterocycles. The molecule has 130 valence electrons. The van der Waals surface area contributed by atoms with Gasteiger partial charge in [0, 0.05) is 20.7 Å². The fourth-order valence-corrected chi connectivity index (χ4v) is 4.00. The average Bonchev–Trinajstić information content (AvgIpc) is 2.42. The Labute approximate surface area is 135 Å². The van der Waals surface area contributed by atoms with Crippen molar-refractivity contribution in [1.29, 1.82) is 0 Å². The summed E-state index contributed by atoms with van der Waals surface area (Å²) in [6, 6.07) is 0.584. The van der Waals surface area contributed by atoms with Crippen molar-refractivity contribution >= 4 is 14.2 Å². The first kappa shape index (κ1) is 19.5. The first-order valence-electron chi connectivity index (χ1n) is 8.60. The molecule has 22 heavy (non-hydrogen) atoms. The predicted octanol–water partition coefficient (Wildman–Crippen LogP) is 2.96. The Bertz CT molecular complexity index is 341. The number of carboxylic acid groups (broad SMARTS) is 1. The summed E-state index contributed by atoms with van der Waals surface area (Å²) in [5.41, 5.74) is 6.12. The van der Waals surface area contributed by atoms with E-state index in [4.69, 9.17) is 5.73 Å². The maximum Gasteiger partial charge on any atom is 0.407 e. The highest BCUT2D eigenvalue weighted by Crippen LogP contribution is 2.27. The van der Waals surface area contributed by atoms with Crippen molar-refractivity contribution in [2.45, 2.75) is 76.4 Å². The van der Waals surface area contributed by atoms with Crippen LogP contribution in [-0.2, 0) is 0 Å². The van der Waals surface area contributed by atoms with Gasteiger partial charge in [-0.05, 0) is 18.4 Å². The van der Waals surface area contributed by atoms with Crippen LogP contribution in [0.5, 0.6) is 0 Å². The average molecular weight is 331 g/mol. The monoisotopic (exact) mass is 330 g/mol. The summed E-state index contributed by atoms with van der Waals surface area (Å²) in [5, 5.41) is 19.6. The fraction of sp³-hybridized carbons (Fsp3) is 0.938. The van der Waals surface area contributed by atoms with Gasteiger partial charge in [-0.1, -0.05) is 51.7 Å². The zero-order chi connectivity index (χ0) is 16.8. The third-order valence-electron chi connectivity index (χ3n) is 4.63. The van der Waals surface area contributed by atoms with Gasteiger partial charge in [-0.25, -0.2) is 4.79 Å². The van der Waals surface area contributed by atoms with Crippen LogP contribution in [0.3, 0.4) is 0 Å². The zero-order valence-electron chi connectivity index (χ0n) is 14.4. The van der Waals surface area contributed by atoms with E-state index in [9.17, 15) is 15.0 Å². The van der Waals surface area contributed by atoms with E-state index in [0.717, 1.165) is 12.5 Å². The smallest absolute Gasteiger partial charge is 0.407 e. The molecule has 0 aromatic carbocycles. The molecule has 0 saturated heterocycles. The van der Waals surface area contributed by atoms with E-state index in [1.807, 2.05) is 0 Å². The largest absolute Gasteiger partial charge is 0.465 e. The van der Waals surface area contributed by atoms with Crippen LogP contribution in [0.25, 0.3) is 0 Å². The summed E-state index contributed by atoms with van der Waals surface area (Å²) in [4.78, 5) is 12.7. The Kier molecular flexibility index (Phi) is 7.86. The van der Waals surface area contributed by atoms with Crippen molar-refractivity contribution in [3.8, 4) is 0 Å². The van der Waals surface area contributed by atoms with Crippen molar-refractivity contribution in [3.05, 3.63) is 0 Å². The van der Waals surface area contributed by atoms with Gasteiger partial charge in [-0.3, -0.25) is 0 Å². The van der Waals surface area contributed by atoms with E-state index >= 15 is 0 Å². The third-order valence-corrected chi connectivity index (χ3v) is 6.36. The van der Waals surface area contributed by atoms with Crippen LogP contribution in [0, 0.1) is 5.92 Å². The normalized spacial score (nSPS) is 19.7. The third kappa shape index (κ3) is 7.60. The Morgan fingerprint density at radius 2 is 1.86 bits per heavy atom. The molecule has 1 aliphatic carbocycles. The van der Waals surface area contributed by atoms with Gasteiger partial charge in [0.2, 0.25) is 0 Å². The van der Waals surface area contributed by atoms with Gasteiger partial charge in [0.05, 0.1) is 12.6 Å². The Hall–Kier alpha value is -0.593. The highest BCUT2D eigenvalue weighted by atomic mass is 28.3. The van der Waals surface area contributed by atoms with Crippen LogP contribution in [0.4, 0.5) is 4.79 Å². The standard InChI is InChI=1S/C16H34N2O3Si/c1-22(2,3)10-9-18(16(20)21)12-15(19)14(17)11-13-7-5-4-6-8-13/h13-15,19H,4-12,17H2,1-3H3,(H,20,21)/t14-,15+/m0/s1. The molecule has 5 nitrogen and oxygen atoms in total. The topological polar surface area (TPSA) is 86.8 Å². The molecule has 4 N–H and O–H groups in total. The van der Waals surface area contributed by atoms with Crippen molar-refractivity contribution < 1.29 is 15.0 Å².